The van der Waals surface area contributed by atoms with Gasteiger partial charge in [-0.2, -0.15) is 15.2 Å². The number of aliphatic hydroxyl groups is 1. The number of amidine groups is 1. The Bertz CT molecular complexity index is 1250. The van der Waals surface area contributed by atoms with Crippen LogP contribution in [0.2, 0.25) is 0 Å². The minimum absolute atomic E-state index is 0.0230. The number of para-hydroxylation sites is 1. The lowest BCUT2D eigenvalue weighted by atomic mass is 9.97. The fourth-order valence-corrected chi connectivity index (χ4v) is 4.89. The van der Waals surface area contributed by atoms with Crippen LogP contribution in [0.25, 0.3) is 11.1 Å². The number of piperidine rings is 1. The van der Waals surface area contributed by atoms with Gasteiger partial charge in [0.2, 0.25) is 0 Å². The first-order chi connectivity index (χ1) is 17.4. The fraction of sp³-hybridized carbons (Fsp3) is 0.400. The summed E-state index contributed by atoms with van der Waals surface area (Å²) in [6, 6.07) is 6.16. The average molecular weight is 493 g/mol. The van der Waals surface area contributed by atoms with Crippen molar-refractivity contribution in [3.63, 3.8) is 0 Å². The number of benzene rings is 1. The molecule has 1 aromatic carbocycles. The van der Waals surface area contributed by atoms with Crippen molar-refractivity contribution in [3.05, 3.63) is 53.8 Å². The van der Waals surface area contributed by atoms with Crippen LogP contribution >= 0.6 is 0 Å². The number of fused-ring (bicyclic) bond motifs is 3. The van der Waals surface area contributed by atoms with E-state index in [0.717, 1.165) is 60.1 Å². The molecule has 1 aliphatic carbocycles. The Kier molecular flexibility index (Phi) is 6.42. The predicted octanol–water partition coefficient (Wildman–Crippen LogP) is 2.47. The molecular weight excluding hydrogens is 460 g/mol. The van der Waals surface area contributed by atoms with Gasteiger partial charge in [-0.15, -0.1) is 0 Å². The van der Waals surface area contributed by atoms with Gasteiger partial charge in [0.1, 0.15) is 12.1 Å². The summed E-state index contributed by atoms with van der Waals surface area (Å²) >= 11 is 0. The highest BCUT2D eigenvalue weighted by molar-refractivity contribution is 6.02. The molecule has 3 heterocycles. The van der Waals surface area contributed by atoms with E-state index in [1.165, 1.54) is 11.1 Å². The molecule has 2 fully saturated rings. The van der Waals surface area contributed by atoms with Gasteiger partial charge < -0.3 is 32.0 Å². The van der Waals surface area contributed by atoms with Gasteiger partial charge in [-0.1, -0.05) is 12.1 Å². The van der Waals surface area contributed by atoms with Crippen LogP contribution in [-0.2, 0) is 11.3 Å². The number of rotatable bonds is 6. The zero-order chi connectivity index (χ0) is 25.4. The first kappa shape index (κ1) is 23.9. The summed E-state index contributed by atoms with van der Waals surface area (Å²) in [6.07, 6.45) is 7.51. The zero-order valence-electron chi connectivity index (χ0n) is 20.3. The van der Waals surface area contributed by atoms with Crippen LogP contribution in [0.5, 0.6) is 0 Å². The maximum absolute atomic E-state index is 12.0. The summed E-state index contributed by atoms with van der Waals surface area (Å²) in [5.41, 5.74) is 17.4. The Morgan fingerprint density at radius 1 is 1.19 bits per heavy atom. The molecule has 11 nitrogen and oxygen atoms in total. The van der Waals surface area contributed by atoms with Crippen molar-refractivity contribution in [2.24, 2.45) is 22.4 Å². The predicted molar refractivity (Wildman–Crippen MR) is 137 cm³/mol. The second kappa shape index (κ2) is 9.67. The van der Waals surface area contributed by atoms with Crippen LogP contribution in [0.4, 0.5) is 11.4 Å². The van der Waals surface area contributed by atoms with E-state index in [9.17, 15) is 15.1 Å². The van der Waals surface area contributed by atoms with Gasteiger partial charge in [0.25, 0.3) is 5.91 Å². The third kappa shape index (κ3) is 4.67. The van der Waals surface area contributed by atoms with Crippen LogP contribution in [0, 0.1) is 5.92 Å². The Morgan fingerprint density at radius 2 is 1.94 bits per heavy atom. The van der Waals surface area contributed by atoms with Crippen LogP contribution in [0.15, 0.2) is 53.1 Å². The Balaban J connectivity index is 1.47. The van der Waals surface area contributed by atoms with E-state index in [-0.39, 0.29) is 29.4 Å². The van der Waals surface area contributed by atoms with Gasteiger partial charge in [-0.05, 0) is 31.7 Å². The molecular formula is C25H32N8O3. The molecule has 0 bridgehead atoms. The maximum atomic E-state index is 12.0. The number of hydroxylamine groups is 2. The van der Waals surface area contributed by atoms with Gasteiger partial charge in [0.05, 0.1) is 47.2 Å². The van der Waals surface area contributed by atoms with Crippen molar-refractivity contribution in [2.75, 3.05) is 30.4 Å². The van der Waals surface area contributed by atoms with E-state index < -0.39 is 0 Å². The molecule has 2 aliphatic heterocycles. The normalized spacial score (nSPS) is 19.7. The summed E-state index contributed by atoms with van der Waals surface area (Å²) < 4.78 is 2.10. The van der Waals surface area contributed by atoms with E-state index in [0.29, 0.717) is 25.3 Å². The molecule has 5 rings (SSSR count). The highest BCUT2D eigenvalue weighted by Crippen LogP contribution is 2.44. The third-order valence-corrected chi connectivity index (χ3v) is 6.96. The fourth-order valence-electron chi connectivity index (χ4n) is 4.89. The summed E-state index contributed by atoms with van der Waals surface area (Å²) in [5.74, 6) is -0.254. The monoisotopic (exact) mass is 492 g/mol. The topological polar surface area (TPSA) is 158 Å². The number of aliphatic hydroxyl groups excluding tert-OH is 1. The van der Waals surface area contributed by atoms with Crippen molar-refractivity contribution < 1.29 is 15.1 Å². The average Bonchev–Trinajstić information content (AvgIpc) is 3.64. The lowest BCUT2D eigenvalue weighted by Gasteiger charge is -2.33. The van der Waals surface area contributed by atoms with E-state index in [1.807, 2.05) is 25.4 Å². The summed E-state index contributed by atoms with van der Waals surface area (Å²) in [5, 5.41) is 28.7. The van der Waals surface area contributed by atoms with Crippen molar-refractivity contribution >= 4 is 23.1 Å². The van der Waals surface area contributed by atoms with Crippen LogP contribution in [0.3, 0.4) is 0 Å². The minimum Gasteiger partial charge on any atom is -0.513 e. The second-order valence-electron chi connectivity index (χ2n) is 9.61. The number of carbonyl (C=O) groups is 1. The highest BCUT2D eigenvalue weighted by Gasteiger charge is 2.31. The zero-order valence-corrected chi connectivity index (χ0v) is 20.3. The van der Waals surface area contributed by atoms with Crippen molar-refractivity contribution in [2.45, 2.75) is 38.3 Å². The number of nitrogens with one attached hydrogen (secondary N) is 1. The quantitative estimate of drug-likeness (QED) is 0.177. The Morgan fingerprint density at radius 3 is 2.64 bits per heavy atom. The highest BCUT2D eigenvalue weighted by atomic mass is 16.5. The Labute approximate surface area is 209 Å². The standard InChI is InChI=1S/C25H32N8O3/c1-31-13-22-18(12-28-33(22)16-7-9-32(36)10-8-16)17-3-2-4-20(24(17)31)29-21(19(26)14-34)11-23(27)30-25(35)15-5-6-15/h2-4,11-12,14-16,29,34,36H,5-10,13,26H2,1H3,(H2,27,30,35)/b19-14+,21-11+. The lowest BCUT2D eigenvalue weighted by Crippen LogP contribution is -2.34. The van der Waals surface area contributed by atoms with Crippen molar-refractivity contribution in [3.8, 4) is 11.1 Å². The summed E-state index contributed by atoms with van der Waals surface area (Å²) in [7, 11) is 2.01. The molecule has 190 valence electrons. The van der Waals surface area contributed by atoms with Crippen molar-refractivity contribution in [1.29, 1.82) is 0 Å². The molecule has 3 aliphatic rings. The van der Waals surface area contributed by atoms with Gasteiger partial charge >= 0.3 is 0 Å². The molecule has 0 spiro atoms. The number of aliphatic imine (C=N–C) groups is 1. The molecule has 36 heavy (non-hydrogen) atoms. The first-order valence-electron chi connectivity index (χ1n) is 12.2. The number of carbonyl (C=O) groups excluding carboxylic acids is 1. The van der Waals surface area contributed by atoms with Gasteiger partial charge in [-0.25, -0.2) is 0 Å². The van der Waals surface area contributed by atoms with Gasteiger partial charge in [0, 0.05) is 43.3 Å². The van der Waals surface area contributed by atoms with Gasteiger partial charge in [0.15, 0.2) is 0 Å². The molecule has 1 amide bonds. The summed E-state index contributed by atoms with van der Waals surface area (Å²) in [4.78, 5) is 18.1. The molecule has 11 heteroatoms. The molecule has 0 radical (unpaired) electrons. The number of anilines is 2. The molecule has 1 saturated heterocycles. The SMILES string of the molecule is CN1Cc2c(cnn2C2CCN(O)CC2)-c2cccc(NC(=C/C(N)=NC(=O)C3CC3)/C(N)=C\O)c21. The van der Waals surface area contributed by atoms with E-state index in [4.69, 9.17) is 16.6 Å². The molecule has 1 aromatic heterocycles. The molecule has 0 atom stereocenters. The van der Waals surface area contributed by atoms with Crippen LogP contribution < -0.4 is 21.7 Å². The van der Waals surface area contributed by atoms with E-state index in [2.05, 4.69) is 26.0 Å². The second-order valence-corrected chi connectivity index (χ2v) is 9.61. The van der Waals surface area contributed by atoms with E-state index in [1.54, 1.807) is 0 Å². The Hall–Kier alpha value is -3.83. The number of nitrogens with two attached hydrogens (primary N) is 2. The molecule has 1 saturated carbocycles. The third-order valence-electron chi connectivity index (χ3n) is 6.96. The lowest BCUT2D eigenvalue weighted by molar-refractivity contribution is -0.118. The van der Waals surface area contributed by atoms with Crippen LogP contribution in [0.1, 0.15) is 37.4 Å². The van der Waals surface area contributed by atoms with Crippen molar-refractivity contribution in [1.82, 2.24) is 14.8 Å². The van der Waals surface area contributed by atoms with Crippen LogP contribution in [-0.4, -0.2) is 57.0 Å². The van der Waals surface area contributed by atoms with Gasteiger partial charge in [-0.3, -0.25) is 9.48 Å². The largest absolute Gasteiger partial charge is 0.513 e. The number of aromatic nitrogens is 2. The molecule has 2 aromatic rings. The number of hydrogen-bond acceptors (Lipinski definition) is 8. The van der Waals surface area contributed by atoms with E-state index >= 15 is 0 Å². The molecule has 7 N–H and O–H groups in total. The smallest absolute Gasteiger partial charge is 0.250 e. The number of nitrogens with zero attached hydrogens (tertiary/aromatic N) is 5. The number of hydrogen-bond donors (Lipinski definition) is 5. The first-order valence-corrected chi connectivity index (χ1v) is 12.2. The summed E-state index contributed by atoms with van der Waals surface area (Å²) in [6.45, 7) is 1.92. The molecule has 0 unspecified atom stereocenters. The minimum atomic E-state index is -0.235. The maximum Gasteiger partial charge on any atom is 0.250 e. The number of amides is 1.